The molecular weight excluding hydrogens is 306 g/mol. The zero-order valence-corrected chi connectivity index (χ0v) is 13.0. The first-order valence-corrected chi connectivity index (χ1v) is 7.23. The van der Waals surface area contributed by atoms with Crippen molar-refractivity contribution in [3.05, 3.63) is 34.7 Å². The number of halogens is 1. The monoisotopic (exact) mass is 323 g/mol. The summed E-state index contributed by atoms with van der Waals surface area (Å²) in [5, 5.41) is 4.49. The molecule has 0 bridgehead atoms. The van der Waals surface area contributed by atoms with Crippen LogP contribution in [0, 0.1) is 5.92 Å². The van der Waals surface area contributed by atoms with E-state index < -0.39 is 0 Å². The van der Waals surface area contributed by atoms with E-state index in [0.29, 0.717) is 18.4 Å². The highest BCUT2D eigenvalue weighted by Gasteiger charge is 2.11. The van der Waals surface area contributed by atoms with E-state index in [9.17, 15) is 0 Å². The lowest BCUT2D eigenvalue weighted by Gasteiger charge is -2.10. The first-order chi connectivity index (χ1) is 9.10. The van der Waals surface area contributed by atoms with Gasteiger partial charge in [-0.05, 0) is 47.3 Å². The Morgan fingerprint density at radius 3 is 2.84 bits per heavy atom. The molecule has 0 radical (unpaired) electrons. The minimum absolute atomic E-state index is 0.579. The summed E-state index contributed by atoms with van der Waals surface area (Å²) in [6, 6.07) is 5.90. The lowest BCUT2D eigenvalue weighted by Crippen LogP contribution is -2.06. The highest BCUT2D eigenvalue weighted by Crippen LogP contribution is 2.20. The molecule has 2 heterocycles. The number of ether oxygens (including phenoxy) is 1. The van der Waals surface area contributed by atoms with Crippen LogP contribution >= 0.6 is 15.9 Å². The number of pyridine rings is 1. The molecular formula is C14H18BrN3O. The van der Waals surface area contributed by atoms with Crippen LogP contribution in [-0.4, -0.2) is 21.4 Å². The molecule has 0 aliphatic heterocycles. The molecule has 2 aromatic rings. The summed E-state index contributed by atoms with van der Waals surface area (Å²) >= 11 is 3.44. The summed E-state index contributed by atoms with van der Waals surface area (Å²) < 4.78 is 8.22. The van der Waals surface area contributed by atoms with Crippen molar-refractivity contribution >= 4 is 15.9 Å². The number of hydrogen-bond acceptors (Lipinski definition) is 3. The molecule has 0 N–H and O–H groups in total. The Morgan fingerprint density at radius 1 is 1.37 bits per heavy atom. The summed E-state index contributed by atoms with van der Waals surface area (Å²) in [6.45, 7) is 6.95. The molecule has 102 valence electrons. The van der Waals surface area contributed by atoms with E-state index in [4.69, 9.17) is 4.74 Å². The Kier molecular flexibility index (Phi) is 4.58. The van der Waals surface area contributed by atoms with Gasteiger partial charge in [0.25, 0.3) is 0 Å². The van der Waals surface area contributed by atoms with Crippen LogP contribution in [0.5, 0.6) is 5.88 Å². The fraction of sp³-hybridized carbons (Fsp3) is 0.429. The molecule has 5 heteroatoms. The lowest BCUT2D eigenvalue weighted by atomic mass is 10.1. The van der Waals surface area contributed by atoms with Crippen molar-refractivity contribution in [3.63, 3.8) is 0 Å². The van der Waals surface area contributed by atoms with Gasteiger partial charge in [-0.15, -0.1) is 0 Å². The number of hydrogen-bond donors (Lipinski definition) is 0. The zero-order chi connectivity index (χ0) is 13.8. The largest absolute Gasteiger partial charge is 0.478 e. The van der Waals surface area contributed by atoms with E-state index in [1.54, 1.807) is 6.20 Å². The molecule has 0 saturated heterocycles. The smallest absolute Gasteiger partial charge is 0.215 e. The van der Waals surface area contributed by atoms with Gasteiger partial charge >= 0.3 is 0 Å². The van der Waals surface area contributed by atoms with Gasteiger partial charge in [-0.1, -0.05) is 13.8 Å². The van der Waals surface area contributed by atoms with Crippen molar-refractivity contribution < 1.29 is 4.74 Å². The average molecular weight is 324 g/mol. The molecule has 0 aliphatic rings. The van der Waals surface area contributed by atoms with Crippen molar-refractivity contribution in [2.45, 2.75) is 27.2 Å². The summed E-state index contributed by atoms with van der Waals surface area (Å²) in [5.74, 6) is 1.21. The van der Waals surface area contributed by atoms with E-state index in [0.717, 1.165) is 16.7 Å². The Hall–Kier alpha value is -1.36. The molecule has 0 aromatic carbocycles. The number of aromatic nitrogens is 3. The standard InChI is InChI=1S/C14H18BrN3O/c1-4-19-14-9-11(5-6-16-14)18-12(7-10(2)3)8-13(15)17-18/h5-6,8-10H,4,7H2,1-3H3. The maximum Gasteiger partial charge on any atom is 0.215 e. The second-order valence-corrected chi connectivity index (χ2v) is 5.57. The van der Waals surface area contributed by atoms with Gasteiger partial charge in [-0.3, -0.25) is 0 Å². The van der Waals surface area contributed by atoms with Crippen LogP contribution in [0.25, 0.3) is 5.69 Å². The second-order valence-electron chi connectivity index (χ2n) is 4.75. The van der Waals surface area contributed by atoms with Gasteiger partial charge in [-0.25, -0.2) is 9.67 Å². The quantitative estimate of drug-likeness (QED) is 0.843. The van der Waals surface area contributed by atoms with Gasteiger partial charge in [0.15, 0.2) is 0 Å². The van der Waals surface area contributed by atoms with Crippen LogP contribution in [0.2, 0.25) is 0 Å². The Labute approximate surface area is 121 Å². The highest BCUT2D eigenvalue weighted by atomic mass is 79.9. The molecule has 2 aromatic heterocycles. The molecule has 4 nitrogen and oxygen atoms in total. The van der Waals surface area contributed by atoms with E-state index in [1.165, 1.54) is 5.69 Å². The fourth-order valence-electron chi connectivity index (χ4n) is 1.93. The molecule has 0 atom stereocenters. The van der Waals surface area contributed by atoms with Crippen molar-refractivity contribution in [2.75, 3.05) is 6.61 Å². The summed E-state index contributed by atoms with van der Waals surface area (Å²) in [6.07, 6.45) is 2.72. The van der Waals surface area contributed by atoms with Crippen LogP contribution in [0.15, 0.2) is 29.0 Å². The van der Waals surface area contributed by atoms with Gasteiger partial charge in [0, 0.05) is 18.0 Å². The number of rotatable bonds is 5. The van der Waals surface area contributed by atoms with Gasteiger partial charge in [-0.2, -0.15) is 5.10 Å². The van der Waals surface area contributed by atoms with E-state index in [2.05, 4.69) is 45.9 Å². The second kappa shape index (κ2) is 6.19. The van der Waals surface area contributed by atoms with Crippen LogP contribution in [0.1, 0.15) is 26.5 Å². The first-order valence-electron chi connectivity index (χ1n) is 6.43. The topological polar surface area (TPSA) is 39.9 Å². The number of nitrogens with zero attached hydrogens (tertiary/aromatic N) is 3. The van der Waals surface area contributed by atoms with Gasteiger partial charge in [0.05, 0.1) is 12.3 Å². The molecule has 19 heavy (non-hydrogen) atoms. The first kappa shape index (κ1) is 14.1. The normalized spacial score (nSPS) is 11.0. The minimum Gasteiger partial charge on any atom is -0.478 e. The minimum atomic E-state index is 0.579. The van der Waals surface area contributed by atoms with Crippen molar-refractivity contribution in [3.8, 4) is 11.6 Å². The van der Waals surface area contributed by atoms with Crippen molar-refractivity contribution in [2.24, 2.45) is 5.92 Å². The molecule has 0 saturated carbocycles. The molecule has 2 rings (SSSR count). The van der Waals surface area contributed by atoms with Crippen LogP contribution in [0.3, 0.4) is 0 Å². The molecule has 0 unspecified atom stereocenters. The predicted molar refractivity (Wildman–Crippen MR) is 78.8 cm³/mol. The molecule has 0 amide bonds. The van der Waals surface area contributed by atoms with Crippen molar-refractivity contribution in [1.29, 1.82) is 0 Å². The van der Waals surface area contributed by atoms with Gasteiger partial charge in [0.1, 0.15) is 4.60 Å². The lowest BCUT2D eigenvalue weighted by molar-refractivity contribution is 0.326. The Balaban J connectivity index is 2.37. The zero-order valence-electron chi connectivity index (χ0n) is 11.4. The Bertz CT molecular complexity index is 551. The maximum atomic E-state index is 5.43. The van der Waals surface area contributed by atoms with Crippen LogP contribution in [0.4, 0.5) is 0 Å². The van der Waals surface area contributed by atoms with Crippen LogP contribution < -0.4 is 4.74 Å². The maximum absolute atomic E-state index is 5.43. The highest BCUT2D eigenvalue weighted by molar-refractivity contribution is 9.10. The molecule has 0 fully saturated rings. The third kappa shape index (κ3) is 3.56. The summed E-state index contributed by atoms with van der Waals surface area (Å²) in [7, 11) is 0. The van der Waals surface area contributed by atoms with E-state index in [1.807, 2.05) is 23.7 Å². The van der Waals surface area contributed by atoms with Crippen LogP contribution in [-0.2, 0) is 6.42 Å². The third-order valence-corrected chi connectivity index (χ3v) is 3.01. The van der Waals surface area contributed by atoms with Gasteiger partial charge in [0.2, 0.25) is 5.88 Å². The summed E-state index contributed by atoms with van der Waals surface area (Å²) in [4.78, 5) is 4.18. The SMILES string of the molecule is CCOc1cc(-n2nc(Br)cc2CC(C)C)ccn1. The van der Waals surface area contributed by atoms with E-state index in [-0.39, 0.29) is 0 Å². The third-order valence-electron chi connectivity index (χ3n) is 2.63. The fourth-order valence-corrected chi connectivity index (χ4v) is 2.35. The molecule has 0 spiro atoms. The van der Waals surface area contributed by atoms with E-state index >= 15 is 0 Å². The van der Waals surface area contributed by atoms with Gasteiger partial charge < -0.3 is 4.74 Å². The van der Waals surface area contributed by atoms with Crippen molar-refractivity contribution in [1.82, 2.24) is 14.8 Å². The predicted octanol–water partition coefficient (Wildman–Crippen LogP) is 3.63. The Morgan fingerprint density at radius 2 is 2.16 bits per heavy atom. The summed E-state index contributed by atoms with van der Waals surface area (Å²) in [5.41, 5.74) is 2.15. The average Bonchev–Trinajstić information content (AvgIpc) is 2.70. The molecule has 0 aliphatic carbocycles.